The number of aromatic nitrogens is 1. The van der Waals surface area contributed by atoms with Gasteiger partial charge in [-0.2, -0.15) is 0 Å². The maximum atomic E-state index is 6.13. The Morgan fingerprint density at radius 1 is 0.706 bits per heavy atom. The van der Waals surface area contributed by atoms with E-state index in [1.807, 2.05) is 12.1 Å². The number of fused-ring (bicyclic) bond motifs is 11. The molecule has 1 aliphatic carbocycles. The second-order valence-electron chi connectivity index (χ2n) is 13.7. The average Bonchev–Trinajstić information content (AvgIpc) is 3.71. The summed E-state index contributed by atoms with van der Waals surface area (Å²) in [5, 5.41) is 12.4. The van der Waals surface area contributed by atoms with E-state index in [4.69, 9.17) is 4.42 Å². The normalized spacial score (nSPS) is 16.3. The first-order valence-corrected chi connectivity index (χ1v) is 17.8. The van der Waals surface area contributed by atoms with Crippen molar-refractivity contribution < 1.29 is 4.42 Å². The number of rotatable bonds is 3. The Morgan fingerprint density at radius 3 is 2.45 bits per heavy atom. The van der Waals surface area contributed by atoms with Crippen LogP contribution in [0.15, 0.2) is 162 Å². The molecule has 5 heteroatoms. The van der Waals surface area contributed by atoms with Crippen LogP contribution in [-0.2, 0) is 0 Å². The van der Waals surface area contributed by atoms with Crippen molar-refractivity contribution in [1.29, 1.82) is 0 Å². The van der Waals surface area contributed by atoms with E-state index >= 15 is 0 Å². The van der Waals surface area contributed by atoms with Crippen LogP contribution in [0, 0.1) is 0 Å². The quantitative estimate of drug-likeness (QED) is 0.198. The van der Waals surface area contributed by atoms with Crippen molar-refractivity contribution in [3.63, 3.8) is 0 Å². The zero-order chi connectivity index (χ0) is 33.5. The first-order chi connectivity index (χ1) is 25.3. The fourth-order valence-electron chi connectivity index (χ4n) is 8.66. The first-order valence-electron chi connectivity index (χ1n) is 17.8. The number of nitrogens with zero attached hydrogens (tertiary/aromatic N) is 2. The molecule has 0 fully saturated rings. The van der Waals surface area contributed by atoms with Gasteiger partial charge < -0.3 is 24.5 Å². The Kier molecular flexibility index (Phi) is 6.14. The van der Waals surface area contributed by atoms with Crippen molar-refractivity contribution in [2.45, 2.75) is 18.9 Å². The molecule has 8 aromatic rings. The van der Waals surface area contributed by atoms with Gasteiger partial charge in [0.2, 0.25) is 5.88 Å². The summed E-state index contributed by atoms with van der Waals surface area (Å²) in [6, 6.07) is 50.7. The summed E-state index contributed by atoms with van der Waals surface area (Å²) in [5.41, 5.74) is 14.3. The first kappa shape index (κ1) is 28.4. The fraction of sp³-hybridized carbons (Fsp3) is 0.0870. The van der Waals surface area contributed by atoms with E-state index in [1.54, 1.807) is 0 Å². The molecule has 0 spiro atoms. The molecule has 0 amide bonds. The molecule has 2 N–H and O–H groups in total. The van der Waals surface area contributed by atoms with Gasteiger partial charge in [0, 0.05) is 45.5 Å². The van der Waals surface area contributed by atoms with E-state index in [1.165, 1.54) is 66.7 Å². The van der Waals surface area contributed by atoms with Crippen LogP contribution in [0.1, 0.15) is 30.0 Å². The molecule has 5 nitrogen and oxygen atoms in total. The average molecular weight is 659 g/mol. The molecular weight excluding hydrogens is 625 g/mol. The number of benzene rings is 6. The van der Waals surface area contributed by atoms with Crippen LogP contribution in [0.5, 0.6) is 0 Å². The van der Waals surface area contributed by atoms with Crippen molar-refractivity contribution in [3.8, 4) is 16.9 Å². The second-order valence-corrected chi connectivity index (χ2v) is 13.7. The summed E-state index contributed by atoms with van der Waals surface area (Å²) in [6.45, 7) is 0.729. The third-order valence-electron chi connectivity index (χ3n) is 10.9. The van der Waals surface area contributed by atoms with Crippen LogP contribution in [0.3, 0.4) is 0 Å². The van der Waals surface area contributed by atoms with Crippen LogP contribution in [-0.4, -0.2) is 11.1 Å². The molecule has 244 valence electrons. The van der Waals surface area contributed by atoms with Gasteiger partial charge in [0.05, 0.1) is 22.9 Å². The highest BCUT2D eigenvalue weighted by molar-refractivity contribution is 6.17. The zero-order valence-corrected chi connectivity index (χ0v) is 27.9. The van der Waals surface area contributed by atoms with E-state index in [9.17, 15) is 0 Å². The SMILES string of the molecule is C1=CC2=C(CC1)c1c(n(-c3ccccc3)c3ccc4ccccc4c13)-c1ccccc1N2c1cccc(C2CNc3oc4ccccc4c3N2)c1. The lowest BCUT2D eigenvalue weighted by Gasteiger charge is -2.31. The number of nitrogens with one attached hydrogen (secondary N) is 2. The molecule has 1 atom stereocenters. The third kappa shape index (κ3) is 4.21. The molecule has 11 rings (SSSR count). The zero-order valence-electron chi connectivity index (χ0n) is 27.9. The lowest BCUT2D eigenvalue weighted by Crippen LogP contribution is -2.25. The highest BCUT2D eigenvalue weighted by Gasteiger charge is 2.34. The number of anilines is 4. The van der Waals surface area contributed by atoms with E-state index < -0.39 is 0 Å². The summed E-state index contributed by atoms with van der Waals surface area (Å²) in [6.07, 6.45) is 6.67. The van der Waals surface area contributed by atoms with Crippen molar-refractivity contribution in [2.75, 3.05) is 22.1 Å². The van der Waals surface area contributed by atoms with Gasteiger partial charge in [-0.1, -0.05) is 97.1 Å². The van der Waals surface area contributed by atoms with Crippen LogP contribution in [0.25, 0.3) is 55.2 Å². The Bertz CT molecular complexity index is 2750. The molecule has 0 saturated carbocycles. The number of furan rings is 1. The number of allylic oxidation sites excluding steroid dienone is 3. The summed E-state index contributed by atoms with van der Waals surface area (Å²) in [5.74, 6) is 0.809. The molecule has 1 unspecified atom stereocenters. The minimum Gasteiger partial charge on any atom is -0.438 e. The molecule has 0 bridgehead atoms. The van der Waals surface area contributed by atoms with Crippen molar-refractivity contribution in [2.24, 2.45) is 0 Å². The van der Waals surface area contributed by atoms with Gasteiger partial charge in [-0.25, -0.2) is 0 Å². The number of para-hydroxylation sites is 3. The minimum atomic E-state index is 0.0750. The molecule has 4 heterocycles. The predicted molar refractivity (Wildman–Crippen MR) is 211 cm³/mol. The van der Waals surface area contributed by atoms with Crippen molar-refractivity contribution in [1.82, 2.24) is 4.57 Å². The van der Waals surface area contributed by atoms with Gasteiger partial charge in [0.1, 0.15) is 11.3 Å². The van der Waals surface area contributed by atoms with Crippen LogP contribution in [0.2, 0.25) is 0 Å². The summed E-state index contributed by atoms with van der Waals surface area (Å²) < 4.78 is 8.63. The molecule has 51 heavy (non-hydrogen) atoms. The van der Waals surface area contributed by atoms with Gasteiger partial charge >= 0.3 is 0 Å². The van der Waals surface area contributed by atoms with Gasteiger partial charge in [-0.15, -0.1) is 0 Å². The van der Waals surface area contributed by atoms with Gasteiger partial charge in [0.25, 0.3) is 0 Å². The molecule has 3 aliphatic rings. The maximum Gasteiger partial charge on any atom is 0.217 e. The molecule has 2 aromatic heterocycles. The number of hydrogen-bond donors (Lipinski definition) is 2. The lowest BCUT2D eigenvalue weighted by molar-refractivity contribution is 0.613. The Hall–Kier alpha value is -6.46. The number of hydrogen-bond acceptors (Lipinski definition) is 4. The smallest absolute Gasteiger partial charge is 0.217 e. The minimum absolute atomic E-state index is 0.0750. The summed E-state index contributed by atoms with van der Waals surface area (Å²) >= 11 is 0. The third-order valence-corrected chi connectivity index (χ3v) is 10.9. The topological polar surface area (TPSA) is 45.4 Å². The van der Waals surface area contributed by atoms with Gasteiger partial charge in [-0.05, 0) is 89.4 Å². The van der Waals surface area contributed by atoms with E-state index in [-0.39, 0.29) is 6.04 Å². The largest absolute Gasteiger partial charge is 0.438 e. The van der Waals surface area contributed by atoms with E-state index in [2.05, 4.69) is 160 Å². The lowest BCUT2D eigenvalue weighted by atomic mass is 9.90. The van der Waals surface area contributed by atoms with Crippen LogP contribution in [0.4, 0.5) is 22.9 Å². The standard InChI is InChI=1S/C46H34N4O/c1-2-15-31(16-3-1)50-40-26-25-29-13-4-5-18-33(29)42(40)43-34-19-6-9-22-38(34)49(39-23-10-7-20-35(39)45(43)50)32-17-12-14-30(27-32)37-28-47-46-44(48-37)36-21-8-11-24-41(36)51-46/h1-5,7-18,20-27,37,47-48H,6,19,28H2. The fourth-order valence-corrected chi connectivity index (χ4v) is 8.66. The molecular formula is C46H34N4O. The molecule has 0 saturated heterocycles. The summed E-state index contributed by atoms with van der Waals surface area (Å²) in [4.78, 5) is 2.51. The maximum absolute atomic E-state index is 6.13. The van der Waals surface area contributed by atoms with Gasteiger partial charge in [0.15, 0.2) is 0 Å². The Labute approximate surface area is 295 Å². The molecule has 6 aromatic carbocycles. The molecule has 2 aliphatic heterocycles. The molecule has 0 radical (unpaired) electrons. The van der Waals surface area contributed by atoms with Crippen molar-refractivity contribution in [3.05, 3.63) is 169 Å². The highest BCUT2D eigenvalue weighted by atomic mass is 16.4. The Balaban J connectivity index is 1.15. The monoisotopic (exact) mass is 658 g/mol. The van der Waals surface area contributed by atoms with E-state index in [0.717, 1.165) is 47.6 Å². The van der Waals surface area contributed by atoms with Crippen LogP contribution >= 0.6 is 0 Å². The summed E-state index contributed by atoms with van der Waals surface area (Å²) in [7, 11) is 0. The van der Waals surface area contributed by atoms with Gasteiger partial charge in [-0.3, -0.25) is 0 Å². The van der Waals surface area contributed by atoms with Crippen molar-refractivity contribution >= 4 is 61.2 Å². The van der Waals surface area contributed by atoms with E-state index in [0.29, 0.717) is 0 Å². The van der Waals surface area contributed by atoms with Crippen LogP contribution < -0.4 is 15.5 Å². The second kappa shape index (κ2) is 11.0. The Morgan fingerprint density at radius 2 is 1.51 bits per heavy atom. The highest BCUT2D eigenvalue weighted by Crippen LogP contribution is 2.53. The predicted octanol–water partition coefficient (Wildman–Crippen LogP) is 12.0.